The van der Waals surface area contributed by atoms with Crippen LogP contribution in [0, 0.1) is 5.92 Å². The first-order chi connectivity index (χ1) is 13.6. The zero-order valence-electron chi connectivity index (χ0n) is 16.3. The molecule has 4 rings (SSSR count). The molecular formula is C20H26ClN5O2S. The third-order valence-electron chi connectivity index (χ3n) is 5.38. The van der Waals surface area contributed by atoms with E-state index in [4.69, 9.17) is 0 Å². The van der Waals surface area contributed by atoms with Gasteiger partial charge in [-0.05, 0) is 23.8 Å². The number of hydrogen-bond donors (Lipinski definition) is 2. The third-order valence-corrected chi connectivity index (χ3v) is 6.32. The van der Waals surface area contributed by atoms with Gasteiger partial charge in [-0.2, -0.15) is 16.9 Å². The minimum absolute atomic E-state index is 0. The summed E-state index contributed by atoms with van der Waals surface area (Å²) in [6, 6.07) is 7.26. The van der Waals surface area contributed by atoms with E-state index in [-0.39, 0.29) is 36.1 Å². The van der Waals surface area contributed by atoms with E-state index in [9.17, 15) is 9.59 Å². The van der Waals surface area contributed by atoms with Crippen molar-refractivity contribution >= 4 is 41.7 Å². The highest BCUT2D eigenvalue weighted by molar-refractivity contribution is 7.99. The summed E-state index contributed by atoms with van der Waals surface area (Å²) in [4.78, 5) is 27.5. The lowest BCUT2D eigenvalue weighted by atomic mass is 9.90. The highest BCUT2D eigenvalue weighted by Gasteiger charge is 2.34. The van der Waals surface area contributed by atoms with Gasteiger partial charge in [-0.25, -0.2) is 0 Å². The number of nitrogens with one attached hydrogen (secondary N) is 2. The lowest BCUT2D eigenvalue weighted by molar-refractivity contribution is -0.119. The molecule has 0 saturated carbocycles. The quantitative estimate of drug-likeness (QED) is 0.767. The van der Waals surface area contributed by atoms with Crippen LogP contribution in [0.5, 0.6) is 0 Å². The first-order valence-electron chi connectivity index (χ1n) is 9.59. The second-order valence-corrected chi connectivity index (χ2v) is 8.52. The number of benzene rings is 1. The first-order valence-corrected chi connectivity index (χ1v) is 10.7. The molecule has 0 aliphatic carbocycles. The molecule has 2 N–H and O–H groups in total. The number of halogens is 1. The maximum atomic E-state index is 12.9. The van der Waals surface area contributed by atoms with E-state index in [1.165, 1.54) is 0 Å². The average molecular weight is 436 g/mol. The Morgan fingerprint density at radius 2 is 2.03 bits per heavy atom. The summed E-state index contributed by atoms with van der Waals surface area (Å²) >= 11 is 1.87. The standard InChI is InChI=1S/C20H25N5O2S.ClH/c1-24-13-15(10-22-24)17-11-21-12-18(17)19(26)23-16-4-2-3-14(9-16)20(27)25-5-7-28-8-6-25;/h2-4,9-10,13,17-18,21H,5-8,11-12H2,1H3,(H,23,26);1H/t17-,18+;/m1./s1. The number of carbonyl (C=O) groups excluding carboxylic acids is 2. The van der Waals surface area contributed by atoms with Crippen LogP contribution in [0.3, 0.4) is 0 Å². The van der Waals surface area contributed by atoms with Gasteiger partial charge in [0, 0.05) is 68.1 Å². The highest BCUT2D eigenvalue weighted by Crippen LogP contribution is 2.29. The maximum absolute atomic E-state index is 12.9. The van der Waals surface area contributed by atoms with Gasteiger partial charge in [0.2, 0.25) is 5.91 Å². The normalized spacial score (nSPS) is 21.5. The van der Waals surface area contributed by atoms with Crippen LogP contribution < -0.4 is 10.6 Å². The number of nitrogens with zero attached hydrogens (tertiary/aromatic N) is 3. The number of amides is 2. The third kappa shape index (κ3) is 4.94. The Bertz CT molecular complexity index is 868. The molecule has 0 spiro atoms. The van der Waals surface area contributed by atoms with Crippen molar-refractivity contribution in [1.29, 1.82) is 0 Å². The van der Waals surface area contributed by atoms with Crippen LogP contribution in [0.15, 0.2) is 36.7 Å². The summed E-state index contributed by atoms with van der Waals surface area (Å²) in [7, 11) is 1.88. The number of thioether (sulfide) groups is 1. The van der Waals surface area contributed by atoms with E-state index in [2.05, 4.69) is 15.7 Å². The minimum Gasteiger partial charge on any atom is -0.337 e. The lowest BCUT2D eigenvalue weighted by Crippen LogP contribution is -2.37. The van der Waals surface area contributed by atoms with E-state index < -0.39 is 0 Å². The fourth-order valence-electron chi connectivity index (χ4n) is 3.85. The molecule has 2 fully saturated rings. The van der Waals surface area contributed by atoms with Gasteiger partial charge in [0.15, 0.2) is 0 Å². The summed E-state index contributed by atoms with van der Waals surface area (Å²) in [6.45, 7) is 2.95. The number of aromatic nitrogens is 2. The molecule has 1 aromatic heterocycles. The Morgan fingerprint density at radius 3 is 2.76 bits per heavy atom. The summed E-state index contributed by atoms with van der Waals surface area (Å²) < 4.78 is 1.76. The molecule has 3 heterocycles. The fourth-order valence-corrected chi connectivity index (χ4v) is 4.75. The van der Waals surface area contributed by atoms with E-state index in [0.29, 0.717) is 17.8 Å². The van der Waals surface area contributed by atoms with Gasteiger partial charge in [0.25, 0.3) is 5.91 Å². The molecule has 29 heavy (non-hydrogen) atoms. The van der Waals surface area contributed by atoms with Gasteiger partial charge < -0.3 is 15.5 Å². The summed E-state index contributed by atoms with van der Waals surface area (Å²) in [5, 5.41) is 10.5. The maximum Gasteiger partial charge on any atom is 0.253 e. The van der Waals surface area contributed by atoms with Crippen LogP contribution >= 0.6 is 24.2 Å². The van der Waals surface area contributed by atoms with Crippen molar-refractivity contribution in [2.45, 2.75) is 5.92 Å². The molecule has 2 atom stereocenters. The molecule has 9 heteroatoms. The Labute approximate surface area is 181 Å². The van der Waals surface area contributed by atoms with Crippen LogP contribution in [0.1, 0.15) is 21.8 Å². The second-order valence-electron chi connectivity index (χ2n) is 7.29. The van der Waals surface area contributed by atoms with Crippen molar-refractivity contribution in [3.63, 3.8) is 0 Å². The lowest BCUT2D eigenvalue weighted by Gasteiger charge is -2.26. The zero-order chi connectivity index (χ0) is 19.5. The Balaban J connectivity index is 0.00000240. The molecule has 7 nitrogen and oxygen atoms in total. The van der Waals surface area contributed by atoms with Crippen LogP contribution in [0.25, 0.3) is 0 Å². The van der Waals surface area contributed by atoms with Crippen molar-refractivity contribution in [2.75, 3.05) is 43.0 Å². The van der Waals surface area contributed by atoms with Crippen LogP contribution in [-0.4, -0.2) is 64.2 Å². The van der Waals surface area contributed by atoms with Gasteiger partial charge in [0.05, 0.1) is 12.1 Å². The number of carbonyl (C=O) groups is 2. The smallest absolute Gasteiger partial charge is 0.253 e. The SMILES string of the molecule is Cl.Cn1cc([C@H]2CNC[C@@H]2C(=O)Nc2cccc(C(=O)N3CCSCC3)c2)cn1. The van der Waals surface area contributed by atoms with Crippen LogP contribution in [0.4, 0.5) is 5.69 Å². The molecule has 2 saturated heterocycles. The van der Waals surface area contributed by atoms with E-state index in [1.807, 2.05) is 54.3 Å². The van der Waals surface area contributed by atoms with Crippen LogP contribution in [0.2, 0.25) is 0 Å². The molecule has 1 aromatic carbocycles. The monoisotopic (exact) mass is 435 g/mol. The first kappa shape index (κ1) is 21.7. The van der Waals surface area contributed by atoms with Gasteiger partial charge in [-0.1, -0.05) is 6.07 Å². The van der Waals surface area contributed by atoms with Crippen molar-refractivity contribution in [3.05, 3.63) is 47.8 Å². The molecule has 2 aromatic rings. The fraction of sp³-hybridized carbons (Fsp3) is 0.450. The molecule has 2 amide bonds. The number of anilines is 1. The second kappa shape index (κ2) is 9.65. The number of hydrogen-bond acceptors (Lipinski definition) is 5. The van der Waals surface area contributed by atoms with Gasteiger partial charge >= 0.3 is 0 Å². The summed E-state index contributed by atoms with van der Waals surface area (Å²) in [6.07, 6.45) is 3.79. The molecule has 0 unspecified atom stereocenters. The Hall–Kier alpha value is -2.03. The Morgan fingerprint density at radius 1 is 1.24 bits per heavy atom. The van der Waals surface area contributed by atoms with Gasteiger partial charge in [-0.3, -0.25) is 14.3 Å². The van der Waals surface area contributed by atoms with Crippen molar-refractivity contribution < 1.29 is 9.59 Å². The molecule has 0 bridgehead atoms. The Kier molecular flexibility index (Phi) is 7.21. The van der Waals surface area contributed by atoms with Crippen molar-refractivity contribution in [3.8, 4) is 0 Å². The molecular weight excluding hydrogens is 410 g/mol. The largest absolute Gasteiger partial charge is 0.337 e. The van der Waals surface area contributed by atoms with Crippen molar-refractivity contribution in [1.82, 2.24) is 20.0 Å². The highest BCUT2D eigenvalue weighted by atomic mass is 35.5. The number of rotatable bonds is 4. The molecule has 2 aliphatic heterocycles. The average Bonchev–Trinajstić information content (AvgIpc) is 3.37. The minimum atomic E-state index is -0.164. The van der Waals surface area contributed by atoms with E-state index >= 15 is 0 Å². The van der Waals surface area contributed by atoms with Crippen molar-refractivity contribution in [2.24, 2.45) is 13.0 Å². The topological polar surface area (TPSA) is 79.3 Å². The summed E-state index contributed by atoms with van der Waals surface area (Å²) in [5.74, 6) is 1.90. The van der Waals surface area contributed by atoms with E-state index in [1.54, 1.807) is 10.7 Å². The van der Waals surface area contributed by atoms with Gasteiger partial charge in [0.1, 0.15) is 0 Å². The van der Waals surface area contributed by atoms with Gasteiger partial charge in [-0.15, -0.1) is 12.4 Å². The number of aryl methyl sites for hydroxylation is 1. The van der Waals surface area contributed by atoms with E-state index in [0.717, 1.165) is 36.7 Å². The predicted molar refractivity (Wildman–Crippen MR) is 118 cm³/mol. The molecule has 156 valence electrons. The molecule has 0 radical (unpaired) electrons. The molecule has 2 aliphatic rings. The zero-order valence-corrected chi connectivity index (χ0v) is 18.0. The summed E-state index contributed by atoms with van der Waals surface area (Å²) in [5.41, 5.74) is 2.36. The van der Waals surface area contributed by atoms with Crippen LogP contribution in [-0.2, 0) is 11.8 Å². The predicted octanol–water partition coefficient (Wildman–Crippen LogP) is 1.97.